The lowest BCUT2D eigenvalue weighted by Gasteiger charge is -2.20. The highest BCUT2D eigenvalue weighted by Gasteiger charge is 2.31. The van der Waals surface area contributed by atoms with Crippen molar-refractivity contribution in [1.82, 2.24) is 9.38 Å². The minimum atomic E-state index is -0.797. The van der Waals surface area contributed by atoms with Crippen LogP contribution in [0.5, 0.6) is 0 Å². The van der Waals surface area contributed by atoms with Crippen molar-refractivity contribution >= 4 is 23.4 Å². The summed E-state index contributed by atoms with van der Waals surface area (Å²) in [5.41, 5.74) is 0.623. The molecule has 0 saturated heterocycles. The summed E-state index contributed by atoms with van der Waals surface area (Å²) in [5, 5.41) is 0. The van der Waals surface area contributed by atoms with Crippen LogP contribution >= 0.6 is 11.8 Å². The molecular formula is C12H13FN2O2S. The Morgan fingerprint density at radius 1 is 1.56 bits per heavy atom. The lowest BCUT2D eigenvalue weighted by atomic mass is 10.2. The first kappa shape index (κ1) is 12.9. The zero-order valence-electron chi connectivity index (χ0n) is 10.3. The van der Waals surface area contributed by atoms with Crippen LogP contribution < -0.4 is 0 Å². The van der Waals surface area contributed by atoms with E-state index in [9.17, 15) is 9.18 Å². The van der Waals surface area contributed by atoms with Crippen molar-refractivity contribution in [2.24, 2.45) is 0 Å². The monoisotopic (exact) mass is 268 g/mol. The van der Waals surface area contributed by atoms with E-state index < -0.39 is 4.75 Å². The molecule has 0 aliphatic carbocycles. The molecule has 0 amide bonds. The average Bonchev–Trinajstić information content (AvgIpc) is 2.75. The van der Waals surface area contributed by atoms with Crippen LogP contribution in [0.4, 0.5) is 4.39 Å². The first-order valence-electron chi connectivity index (χ1n) is 5.33. The summed E-state index contributed by atoms with van der Waals surface area (Å²) in [4.78, 5) is 16.4. The maximum Gasteiger partial charge on any atom is 0.321 e. The number of fused-ring (bicyclic) bond motifs is 1. The van der Waals surface area contributed by atoms with Crippen LogP contribution in [0.25, 0.3) is 5.65 Å². The van der Waals surface area contributed by atoms with Crippen LogP contribution in [0.15, 0.2) is 29.6 Å². The van der Waals surface area contributed by atoms with Gasteiger partial charge in [-0.15, -0.1) is 11.8 Å². The largest absolute Gasteiger partial charge is 0.468 e. The molecular weight excluding hydrogens is 255 g/mol. The van der Waals surface area contributed by atoms with Gasteiger partial charge in [0.1, 0.15) is 10.6 Å². The Kier molecular flexibility index (Phi) is 3.30. The van der Waals surface area contributed by atoms with Crippen molar-refractivity contribution < 1.29 is 13.9 Å². The molecule has 2 aromatic heterocycles. The van der Waals surface area contributed by atoms with E-state index in [2.05, 4.69) is 4.98 Å². The van der Waals surface area contributed by atoms with Crippen LogP contribution in [0.3, 0.4) is 0 Å². The molecule has 0 spiro atoms. The van der Waals surface area contributed by atoms with Crippen LogP contribution in [-0.4, -0.2) is 27.2 Å². The van der Waals surface area contributed by atoms with E-state index in [0.717, 1.165) is 0 Å². The third-order valence-electron chi connectivity index (χ3n) is 2.46. The van der Waals surface area contributed by atoms with Crippen molar-refractivity contribution in [2.75, 3.05) is 7.11 Å². The van der Waals surface area contributed by atoms with Crippen molar-refractivity contribution in [3.63, 3.8) is 0 Å². The van der Waals surface area contributed by atoms with Crippen molar-refractivity contribution in [3.8, 4) is 0 Å². The first-order valence-corrected chi connectivity index (χ1v) is 6.15. The molecule has 0 fully saturated rings. The summed E-state index contributed by atoms with van der Waals surface area (Å²) in [7, 11) is 1.33. The second kappa shape index (κ2) is 4.61. The van der Waals surface area contributed by atoms with Gasteiger partial charge in [0.05, 0.1) is 12.0 Å². The van der Waals surface area contributed by atoms with Gasteiger partial charge in [0.15, 0.2) is 5.65 Å². The average molecular weight is 268 g/mol. The normalized spacial score (nSPS) is 11.8. The second-order valence-corrected chi connectivity index (χ2v) is 5.95. The van der Waals surface area contributed by atoms with E-state index >= 15 is 0 Å². The zero-order chi connectivity index (χ0) is 13.3. The number of aromatic nitrogens is 2. The van der Waals surface area contributed by atoms with E-state index in [1.54, 1.807) is 30.6 Å². The Morgan fingerprint density at radius 3 is 2.94 bits per heavy atom. The molecule has 18 heavy (non-hydrogen) atoms. The Bertz CT molecular complexity index is 595. The molecule has 0 aliphatic heterocycles. The van der Waals surface area contributed by atoms with Gasteiger partial charge < -0.3 is 9.14 Å². The number of esters is 1. The number of imidazole rings is 1. The molecule has 0 bridgehead atoms. The second-order valence-electron chi connectivity index (χ2n) is 4.28. The fraction of sp³-hybridized carbons (Fsp3) is 0.333. The zero-order valence-corrected chi connectivity index (χ0v) is 11.1. The van der Waals surface area contributed by atoms with Gasteiger partial charge in [0.2, 0.25) is 0 Å². The fourth-order valence-corrected chi connectivity index (χ4v) is 2.74. The predicted molar refractivity (Wildman–Crippen MR) is 67.1 cm³/mol. The molecule has 2 aromatic rings. The summed E-state index contributed by atoms with van der Waals surface area (Å²) in [6.07, 6.45) is 4.59. The van der Waals surface area contributed by atoms with Gasteiger partial charge in [-0.25, -0.2) is 9.37 Å². The number of carbonyl (C=O) groups excluding carboxylic acids is 1. The minimum Gasteiger partial charge on any atom is -0.468 e. The fourth-order valence-electron chi connectivity index (χ4n) is 1.61. The summed E-state index contributed by atoms with van der Waals surface area (Å²) in [5.74, 6) is -0.731. The maximum absolute atomic E-state index is 13.5. The Balaban J connectivity index is 2.42. The Hall–Kier alpha value is -1.56. The SMILES string of the molecule is COC(=O)C(C)(C)Sc1cc(F)cn2ccnc12. The highest BCUT2D eigenvalue weighted by molar-refractivity contribution is 8.01. The molecule has 0 aromatic carbocycles. The van der Waals surface area contributed by atoms with E-state index in [-0.39, 0.29) is 11.8 Å². The first-order chi connectivity index (χ1) is 8.44. The number of ether oxygens (including phenoxy) is 1. The number of nitrogens with zero attached hydrogens (tertiary/aromatic N) is 2. The van der Waals surface area contributed by atoms with Gasteiger partial charge in [0, 0.05) is 18.6 Å². The van der Waals surface area contributed by atoms with E-state index in [1.165, 1.54) is 31.1 Å². The minimum absolute atomic E-state index is 0.360. The van der Waals surface area contributed by atoms with Crippen molar-refractivity contribution in [2.45, 2.75) is 23.5 Å². The van der Waals surface area contributed by atoms with Gasteiger partial charge >= 0.3 is 5.97 Å². The lowest BCUT2D eigenvalue weighted by Crippen LogP contribution is -2.29. The number of halogens is 1. The smallest absolute Gasteiger partial charge is 0.321 e. The molecule has 6 heteroatoms. The van der Waals surface area contributed by atoms with Gasteiger partial charge in [0.25, 0.3) is 0 Å². The number of methoxy groups -OCH3 is 1. The molecule has 0 N–H and O–H groups in total. The van der Waals surface area contributed by atoms with Crippen LogP contribution in [0, 0.1) is 5.82 Å². The molecule has 0 saturated carbocycles. The summed E-state index contributed by atoms with van der Waals surface area (Å²) in [6, 6.07) is 1.37. The number of thioether (sulfide) groups is 1. The van der Waals surface area contributed by atoms with Crippen molar-refractivity contribution in [3.05, 3.63) is 30.5 Å². The van der Waals surface area contributed by atoms with Gasteiger partial charge in [-0.2, -0.15) is 0 Å². The topological polar surface area (TPSA) is 43.6 Å². The number of rotatable bonds is 3. The lowest BCUT2D eigenvalue weighted by molar-refractivity contribution is -0.142. The highest BCUT2D eigenvalue weighted by Crippen LogP contribution is 2.35. The molecule has 0 atom stereocenters. The Morgan fingerprint density at radius 2 is 2.28 bits per heavy atom. The molecule has 96 valence electrons. The van der Waals surface area contributed by atoms with Crippen LogP contribution in [-0.2, 0) is 9.53 Å². The summed E-state index contributed by atoms with van der Waals surface area (Å²) < 4.78 is 19.0. The summed E-state index contributed by atoms with van der Waals surface area (Å²) in [6.45, 7) is 3.46. The molecule has 2 rings (SSSR count). The number of carbonyl (C=O) groups is 1. The maximum atomic E-state index is 13.5. The molecule has 4 nitrogen and oxygen atoms in total. The molecule has 0 aliphatic rings. The molecule has 0 radical (unpaired) electrons. The van der Waals surface area contributed by atoms with Gasteiger partial charge in [-0.3, -0.25) is 4.79 Å². The number of hydrogen-bond acceptors (Lipinski definition) is 4. The molecule has 0 unspecified atom stereocenters. The van der Waals surface area contributed by atoms with Crippen LogP contribution in [0.2, 0.25) is 0 Å². The molecule has 2 heterocycles. The Labute approximate surface area is 108 Å². The van der Waals surface area contributed by atoms with Crippen LogP contribution in [0.1, 0.15) is 13.8 Å². The van der Waals surface area contributed by atoms with E-state index in [4.69, 9.17) is 4.74 Å². The number of pyridine rings is 1. The van der Waals surface area contributed by atoms with Crippen molar-refractivity contribution in [1.29, 1.82) is 0 Å². The van der Waals surface area contributed by atoms with Gasteiger partial charge in [-0.1, -0.05) is 0 Å². The van der Waals surface area contributed by atoms with E-state index in [0.29, 0.717) is 10.5 Å². The third-order valence-corrected chi connectivity index (χ3v) is 3.66. The van der Waals surface area contributed by atoms with E-state index in [1.807, 2.05) is 0 Å². The summed E-state index contributed by atoms with van der Waals surface area (Å²) >= 11 is 1.23. The standard InChI is InChI=1S/C12H13FN2O2S/c1-12(2,11(16)17-3)18-9-6-8(13)7-15-5-4-14-10(9)15/h4-7H,1-3H3. The quantitative estimate of drug-likeness (QED) is 0.633. The third kappa shape index (κ3) is 2.33. The highest BCUT2D eigenvalue weighted by atomic mass is 32.2. The number of hydrogen-bond donors (Lipinski definition) is 0. The van der Waals surface area contributed by atoms with Gasteiger partial charge in [-0.05, 0) is 19.9 Å². The predicted octanol–water partition coefficient (Wildman–Crippen LogP) is 2.52.